The van der Waals surface area contributed by atoms with Crippen molar-refractivity contribution in [2.24, 2.45) is 7.05 Å². The zero-order valence-corrected chi connectivity index (χ0v) is 15.3. The Balaban J connectivity index is 1.57. The van der Waals surface area contributed by atoms with E-state index in [1.807, 2.05) is 20.0 Å². The van der Waals surface area contributed by atoms with Crippen molar-refractivity contribution in [3.8, 4) is 5.88 Å². The van der Waals surface area contributed by atoms with Gasteiger partial charge in [-0.2, -0.15) is 5.10 Å². The quantitative estimate of drug-likeness (QED) is 0.831. The second-order valence-electron chi connectivity index (χ2n) is 6.32. The molecule has 132 valence electrons. The number of likely N-dealkylation sites (tertiary alicyclic amines) is 1. The van der Waals surface area contributed by atoms with Gasteiger partial charge >= 0.3 is 0 Å². The van der Waals surface area contributed by atoms with Gasteiger partial charge in [-0.05, 0) is 24.8 Å². The van der Waals surface area contributed by atoms with E-state index >= 15 is 0 Å². The summed E-state index contributed by atoms with van der Waals surface area (Å²) in [6.45, 7) is 4.79. The van der Waals surface area contributed by atoms with Gasteiger partial charge in [0, 0.05) is 44.1 Å². The maximum Gasteiger partial charge on any atom is 0.216 e. The van der Waals surface area contributed by atoms with Gasteiger partial charge in [-0.1, -0.05) is 6.07 Å². The summed E-state index contributed by atoms with van der Waals surface area (Å²) in [6.07, 6.45) is -0.131. The molecule has 3 heterocycles. The zero-order valence-electron chi connectivity index (χ0n) is 14.5. The van der Waals surface area contributed by atoms with Crippen LogP contribution in [0.3, 0.4) is 0 Å². The number of hydrogen-bond donors (Lipinski definition) is 1. The molecule has 1 aliphatic heterocycles. The topological polar surface area (TPSA) is 42.3 Å². The van der Waals surface area contributed by atoms with Crippen LogP contribution in [-0.4, -0.2) is 47.1 Å². The van der Waals surface area contributed by atoms with Gasteiger partial charge in [0.25, 0.3) is 0 Å². The molecule has 2 aromatic rings. The first-order valence-electron chi connectivity index (χ1n) is 8.26. The summed E-state index contributed by atoms with van der Waals surface area (Å²) < 4.78 is 21.1. The molecular formula is C17H25FN4OS. The molecule has 1 saturated heterocycles. The number of nitrogens with zero attached hydrogens (tertiary/aromatic N) is 3. The molecule has 0 aromatic carbocycles. The first kappa shape index (κ1) is 17.4. The number of aryl methyl sites for hydroxylation is 2. The van der Waals surface area contributed by atoms with Crippen LogP contribution in [0.15, 0.2) is 17.5 Å². The summed E-state index contributed by atoms with van der Waals surface area (Å²) >= 11 is 1.73. The third-order valence-electron chi connectivity index (χ3n) is 4.58. The first-order valence-corrected chi connectivity index (χ1v) is 9.14. The molecule has 0 bridgehead atoms. The van der Waals surface area contributed by atoms with Crippen LogP contribution in [0.5, 0.6) is 5.88 Å². The van der Waals surface area contributed by atoms with Crippen LogP contribution >= 0.6 is 11.3 Å². The Kier molecular flexibility index (Phi) is 5.53. The molecule has 0 saturated carbocycles. The monoisotopic (exact) mass is 352 g/mol. The summed E-state index contributed by atoms with van der Waals surface area (Å²) in [5, 5.41) is 9.93. The van der Waals surface area contributed by atoms with Crippen molar-refractivity contribution in [2.45, 2.75) is 38.6 Å². The summed E-state index contributed by atoms with van der Waals surface area (Å²) in [5.41, 5.74) is 2.03. The van der Waals surface area contributed by atoms with E-state index in [1.54, 1.807) is 23.1 Å². The second kappa shape index (κ2) is 7.63. The summed E-state index contributed by atoms with van der Waals surface area (Å²) in [7, 11) is 3.54. The summed E-state index contributed by atoms with van der Waals surface area (Å²) in [5.74, 6) is 0.783. The number of aromatic nitrogens is 2. The minimum Gasteiger partial charge on any atom is -0.481 e. The lowest BCUT2D eigenvalue weighted by Crippen LogP contribution is -2.37. The van der Waals surface area contributed by atoms with Crippen molar-refractivity contribution in [1.82, 2.24) is 20.0 Å². The maximum absolute atomic E-state index is 13.9. The number of halogens is 1. The molecule has 5 nitrogen and oxygen atoms in total. The number of hydrogen-bond acceptors (Lipinski definition) is 5. The Morgan fingerprint density at radius 1 is 1.50 bits per heavy atom. The number of rotatable bonds is 7. The van der Waals surface area contributed by atoms with Crippen LogP contribution in [0.4, 0.5) is 4.39 Å². The van der Waals surface area contributed by atoms with Gasteiger partial charge in [-0.3, -0.25) is 4.90 Å². The molecular weight excluding hydrogens is 327 g/mol. The van der Waals surface area contributed by atoms with Gasteiger partial charge in [0.05, 0.1) is 18.4 Å². The van der Waals surface area contributed by atoms with Gasteiger partial charge < -0.3 is 10.1 Å². The Morgan fingerprint density at radius 3 is 3.04 bits per heavy atom. The van der Waals surface area contributed by atoms with E-state index in [0.717, 1.165) is 30.2 Å². The molecule has 3 rings (SSSR count). The SMILES string of the molecule is COc1c(CNC[C@@H]2C[C@H](F)CN2Cc2cccs2)c(C)nn1C. The summed E-state index contributed by atoms with van der Waals surface area (Å²) in [6, 6.07) is 4.39. The number of alkyl halides is 1. The van der Waals surface area contributed by atoms with E-state index in [2.05, 4.69) is 26.8 Å². The third kappa shape index (κ3) is 3.79. The van der Waals surface area contributed by atoms with E-state index in [-0.39, 0.29) is 6.04 Å². The second-order valence-corrected chi connectivity index (χ2v) is 7.36. The highest BCUT2D eigenvalue weighted by Gasteiger charge is 2.31. The zero-order chi connectivity index (χ0) is 17.1. The standard InChI is InChI=1S/C17H25FN4OS/c1-12-16(17(23-3)21(2)20-12)9-19-8-14-7-13(18)10-22(14)11-15-5-4-6-24-15/h4-6,13-14,19H,7-11H2,1-3H3/t13-,14-/m0/s1. The molecule has 7 heteroatoms. The smallest absolute Gasteiger partial charge is 0.216 e. The average Bonchev–Trinajstić information content (AvgIpc) is 3.22. The molecule has 1 aliphatic rings. The number of nitrogens with one attached hydrogen (secondary N) is 1. The van der Waals surface area contributed by atoms with E-state index in [1.165, 1.54) is 4.88 Å². The predicted octanol–water partition coefficient (Wildman–Crippen LogP) is 2.50. The minimum absolute atomic E-state index is 0.227. The molecule has 2 aromatic heterocycles. The highest BCUT2D eigenvalue weighted by Crippen LogP contribution is 2.25. The molecule has 1 fully saturated rings. The van der Waals surface area contributed by atoms with Crippen molar-refractivity contribution in [1.29, 1.82) is 0 Å². The molecule has 0 spiro atoms. The van der Waals surface area contributed by atoms with E-state index in [4.69, 9.17) is 4.74 Å². The van der Waals surface area contributed by atoms with Crippen molar-refractivity contribution < 1.29 is 9.13 Å². The molecule has 0 unspecified atom stereocenters. The van der Waals surface area contributed by atoms with Crippen LogP contribution in [0.2, 0.25) is 0 Å². The van der Waals surface area contributed by atoms with Crippen LogP contribution in [0, 0.1) is 6.92 Å². The van der Waals surface area contributed by atoms with E-state index in [9.17, 15) is 4.39 Å². The third-order valence-corrected chi connectivity index (χ3v) is 5.44. The lowest BCUT2D eigenvalue weighted by atomic mass is 10.2. The molecule has 0 amide bonds. The van der Waals surface area contributed by atoms with Gasteiger partial charge in [0.1, 0.15) is 6.17 Å². The van der Waals surface area contributed by atoms with Gasteiger partial charge in [0.2, 0.25) is 5.88 Å². The highest BCUT2D eigenvalue weighted by atomic mass is 32.1. The Morgan fingerprint density at radius 2 is 2.33 bits per heavy atom. The number of ether oxygens (including phenoxy) is 1. The number of methoxy groups -OCH3 is 1. The van der Waals surface area contributed by atoms with Gasteiger partial charge in [-0.15, -0.1) is 11.3 Å². The van der Waals surface area contributed by atoms with E-state index in [0.29, 0.717) is 19.5 Å². The molecule has 0 radical (unpaired) electrons. The highest BCUT2D eigenvalue weighted by molar-refractivity contribution is 7.09. The van der Waals surface area contributed by atoms with Crippen LogP contribution in [-0.2, 0) is 20.1 Å². The predicted molar refractivity (Wildman–Crippen MR) is 94.2 cm³/mol. The Labute approximate surface area is 146 Å². The van der Waals surface area contributed by atoms with Crippen LogP contribution in [0.1, 0.15) is 22.6 Å². The Hall–Kier alpha value is -1.44. The molecule has 1 N–H and O–H groups in total. The van der Waals surface area contributed by atoms with Gasteiger partial charge in [0.15, 0.2) is 0 Å². The maximum atomic E-state index is 13.9. The normalized spacial score (nSPS) is 21.5. The lowest BCUT2D eigenvalue weighted by molar-refractivity contribution is 0.232. The fourth-order valence-corrected chi connectivity index (χ4v) is 4.16. The molecule has 2 atom stereocenters. The molecule has 24 heavy (non-hydrogen) atoms. The minimum atomic E-state index is -0.730. The average molecular weight is 352 g/mol. The van der Waals surface area contributed by atoms with Crippen molar-refractivity contribution in [2.75, 3.05) is 20.2 Å². The lowest BCUT2D eigenvalue weighted by Gasteiger charge is -2.23. The number of thiophene rings is 1. The Bertz CT molecular complexity index is 658. The fourth-order valence-electron chi connectivity index (χ4n) is 3.43. The van der Waals surface area contributed by atoms with Crippen molar-refractivity contribution >= 4 is 11.3 Å². The largest absolute Gasteiger partial charge is 0.481 e. The molecule has 0 aliphatic carbocycles. The van der Waals surface area contributed by atoms with E-state index < -0.39 is 6.17 Å². The van der Waals surface area contributed by atoms with Crippen LogP contribution in [0.25, 0.3) is 0 Å². The summed E-state index contributed by atoms with van der Waals surface area (Å²) in [4.78, 5) is 3.54. The fraction of sp³-hybridized carbons (Fsp3) is 0.588. The van der Waals surface area contributed by atoms with Crippen molar-refractivity contribution in [3.05, 3.63) is 33.6 Å². The first-order chi connectivity index (χ1) is 11.6. The van der Waals surface area contributed by atoms with Crippen LogP contribution < -0.4 is 10.1 Å². The van der Waals surface area contributed by atoms with Crippen molar-refractivity contribution in [3.63, 3.8) is 0 Å². The van der Waals surface area contributed by atoms with Gasteiger partial charge in [-0.25, -0.2) is 9.07 Å².